The third kappa shape index (κ3) is 7.98. The van der Waals surface area contributed by atoms with Crippen molar-refractivity contribution in [1.29, 1.82) is 0 Å². The molecule has 0 saturated heterocycles. The van der Waals surface area contributed by atoms with Crippen molar-refractivity contribution in [2.24, 2.45) is 5.41 Å². The Bertz CT molecular complexity index is 1120. The lowest BCUT2D eigenvalue weighted by Crippen LogP contribution is -2.46. The highest BCUT2D eigenvalue weighted by molar-refractivity contribution is 7.91. The van der Waals surface area contributed by atoms with Crippen molar-refractivity contribution < 1.29 is 23.1 Å². The van der Waals surface area contributed by atoms with Crippen LogP contribution >= 0.6 is 0 Å². The van der Waals surface area contributed by atoms with Gasteiger partial charge in [-0.2, -0.15) is 0 Å². The largest absolute Gasteiger partial charge is 0.462 e. The maximum Gasteiger partial charge on any atom is 0.302 e. The molecule has 2 atom stereocenters. The molecule has 1 aromatic carbocycles. The van der Waals surface area contributed by atoms with Crippen LogP contribution in [-0.4, -0.2) is 37.0 Å². The molecule has 1 aliphatic rings. The van der Waals surface area contributed by atoms with Gasteiger partial charge in [-0.1, -0.05) is 61.9 Å². The van der Waals surface area contributed by atoms with Gasteiger partial charge in [-0.05, 0) is 56.4 Å². The van der Waals surface area contributed by atoms with E-state index in [1.165, 1.54) is 6.92 Å². The first-order valence-electron chi connectivity index (χ1n) is 11.4. The predicted octanol–water partition coefficient (Wildman–Crippen LogP) is 5.49. The van der Waals surface area contributed by atoms with Crippen molar-refractivity contribution >= 4 is 15.8 Å². The molecule has 1 aromatic rings. The van der Waals surface area contributed by atoms with Crippen LogP contribution in [0.5, 0.6) is 0 Å². The minimum absolute atomic E-state index is 0.0552. The molecule has 34 heavy (non-hydrogen) atoms. The predicted molar refractivity (Wildman–Crippen MR) is 136 cm³/mol. The molecule has 1 saturated carbocycles. The zero-order chi connectivity index (χ0) is 25.6. The van der Waals surface area contributed by atoms with E-state index in [4.69, 9.17) is 4.74 Å². The zero-order valence-corrected chi connectivity index (χ0v) is 21.8. The van der Waals surface area contributed by atoms with Gasteiger partial charge < -0.3 is 9.84 Å². The third-order valence-corrected chi connectivity index (χ3v) is 7.40. The van der Waals surface area contributed by atoms with Crippen molar-refractivity contribution in [1.82, 2.24) is 0 Å². The molecule has 0 aromatic heterocycles. The monoisotopic (exact) mass is 484 g/mol. The highest BCUT2D eigenvalue weighted by Crippen LogP contribution is 2.46. The second-order valence-corrected chi connectivity index (χ2v) is 11.8. The molecule has 0 bridgehead atoms. The Hall–Kier alpha value is -2.66. The van der Waals surface area contributed by atoms with Crippen LogP contribution in [0.25, 0.3) is 0 Å². The molecule has 0 heterocycles. The maximum absolute atomic E-state index is 12.4. The summed E-state index contributed by atoms with van der Waals surface area (Å²) < 4.78 is 30.1. The molecule has 1 fully saturated rings. The van der Waals surface area contributed by atoms with E-state index in [1.54, 1.807) is 43.3 Å². The van der Waals surface area contributed by atoms with Crippen LogP contribution in [0.4, 0.5) is 0 Å². The molecule has 2 rings (SSSR count). The van der Waals surface area contributed by atoms with Crippen LogP contribution < -0.4 is 0 Å². The molecule has 0 aliphatic heterocycles. The number of benzene rings is 1. The zero-order valence-electron chi connectivity index (χ0n) is 21.0. The molecule has 6 heteroatoms. The van der Waals surface area contributed by atoms with E-state index in [2.05, 4.69) is 5.73 Å². The fourth-order valence-corrected chi connectivity index (χ4v) is 5.55. The number of ether oxygens (including phenoxy) is 1. The van der Waals surface area contributed by atoms with E-state index in [0.717, 1.165) is 16.7 Å². The molecular weight excluding hydrogens is 448 g/mol. The second kappa shape index (κ2) is 11.2. The van der Waals surface area contributed by atoms with Crippen LogP contribution in [-0.2, 0) is 19.4 Å². The van der Waals surface area contributed by atoms with Crippen LogP contribution in [0.15, 0.2) is 88.1 Å². The van der Waals surface area contributed by atoms with E-state index in [1.807, 2.05) is 52.0 Å². The first-order chi connectivity index (χ1) is 15.7. The quantitative estimate of drug-likeness (QED) is 0.314. The highest BCUT2D eigenvalue weighted by Gasteiger charge is 2.46. The van der Waals surface area contributed by atoms with Gasteiger partial charge in [0.05, 0.1) is 16.2 Å². The van der Waals surface area contributed by atoms with Crippen molar-refractivity contribution in [2.75, 3.05) is 5.75 Å². The number of sulfone groups is 1. The van der Waals surface area contributed by atoms with E-state index < -0.39 is 15.4 Å². The minimum Gasteiger partial charge on any atom is -0.462 e. The van der Waals surface area contributed by atoms with Gasteiger partial charge in [0.25, 0.3) is 0 Å². The van der Waals surface area contributed by atoms with E-state index in [0.29, 0.717) is 17.7 Å². The second-order valence-electron chi connectivity index (χ2n) is 9.77. The standard InChI is InChI=1S/C28H36O5S/c1-21(11-10-12-22(2)17-18-34(31,32)25-13-8-7-9-14-25)15-16-26-27(4,5)19-24(33-23(3)29)20-28(26,6)30/h7-15,17,24,30H,18-20H2,1-6H3/b12-10+,21-11+,22-17+/t16?,24-,28+/m0/s1. The summed E-state index contributed by atoms with van der Waals surface area (Å²) in [5.74, 6) is -0.396. The van der Waals surface area contributed by atoms with Gasteiger partial charge >= 0.3 is 5.97 Å². The Balaban J connectivity index is 2.12. The van der Waals surface area contributed by atoms with Crippen LogP contribution in [0.2, 0.25) is 0 Å². The molecule has 1 N–H and O–H groups in total. The summed E-state index contributed by atoms with van der Waals surface area (Å²) in [5, 5.41) is 11.0. The summed E-state index contributed by atoms with van der Waals surface area (Å²) in [6.45, 7) is 10.9. The molecule has 184 valence electrons. The minimum atomic E-state index is -3.35. The van der Waals surface area contributed by atoms with Crippen molar-refractivity contribution in [3.05, 3.63) is 83.2 Å². The molecule has 0 amide bonds. The summed E-state index contributed by atoms with van der Waals surface area (Å²) in [6.07, 6.45) is 9.79. The summed E-state index contributed by atoms with van der Waals surface area (Å²) in [6, 6.07) is 8.42. The summed E-state index contributed by atoms with van der Waals surface area (Å²) in [5.41, 5.74) is 4.34. The number of rotatable bonds is 7. The van der Waals surface area contributed by atoms with E-state index in [-0.39, 0.29) is 23.2 Å². The van der Waals surface area contributed by atoms with Gasteiger partial charge in [-0.15, -0.1) is 5.73 Å². The summed E-state index contributed by atoms with van der Waals surface area (Å²) >= 11 is 0. The number of carbonyl (C=O) groups excluding carboxylic acids is 1. The molecule has 0 unspecified atom stereocenters. The van der Waals surface area contributed by atoms with Gasteiger partial charge in [0, 0.05) is 18.9 Å². The Labute approximate surface area is 204 Å². The number of esters is 1. The van der Waals surface area contributed by atoms with Crippen molar-refractivity contribution in [2.45, 2.75) is 71.0 Å². The van der Waals surface area contributed by atoms with Crippen LogP contribution in [0.1, 0.15) is 54.4 Å². The number of allylic oxidation sites excluding steroid dienone is 5. The lowest BCUT2D eigenvalue weighted by molar-refractivity contribution is -0.152. The molecule has 5 nitrogen and oxygen atoms in total. The number of hydrogen-bond donors (Lipinski definition) is 1. The summed E-state index contributed by atoms with van der Waals surface area (Å²) in [4.78, 5) is 11.7. The van der Waals surface area contributed by atoms with Gasteiger partial charge in [-0.3, -0.25) is 4.79 Å². The lowest BCUT2D eigenvalue weighted by Gasteiger charge is -2.44. The van der Waals surface area contributed by atoms with Gasteiger partial charge in [0.15, 0.2) is 9.84 Å². The molecular formula is C28H36O5S. The Morgan fingerprint density at radius 2 is 1.76 bits per heavy atom. The van der Waals surface area contributed by atoms with E-state index in [9.17, 15) is 18.3 Å². The smallest absolute Gasteiger partial charge is 0.302 e. The molecule has 0 spiro atoms. The van der Waals surface area contributed by atoms with Crippen LogP contribution in [0.3, 0.4) is 0 Å². The number of carbonyl (C=O) groups is 1. The topological polar surface area (TPSA) is 80.7 Å². The fourth-order valence-electron chi connectivity index (χ4n) is 4.31. The molecule has 1 aliphatic carbocycles. The highest BCUT2D eigenvalue weighted by atomic mass is 32.2. The SMILES string of the molecule is CC(=O)O[C@H]1CC(C)(C)C(=C=C/C(C)=C/C=C/C(C)=C/CS(=O)(=O)c2ccccc2)[C@](C)(O)C1. The van der Waals surface area contributed by atoms with Crippen molar-refractivity contribution in [3.8, 4) is 0 Å². The van der Waals surface area contributed by atoms with Gasteiger partial charge in [0.2, 0.25) is 0 Å². The van der Waals surface area contributed by atoms with Gasteiger partial charge in [-0.25, -0.2) is 8.42 Å². The Morgan fingerprint density at radius 3 is 2.35 bits per heavy atom. The van der Waals surface area contributed by atoms with Gasteiger partial charge in [0.1, 0.15) is 6.10 Å². The summed E-state index contributed by atoms with van der Waals surface area (Å²) in [7, 11) is -3.35. The average Bonchev–Trinajstić information content (AvgIpc) is 2.70. The lowest BCUT2D eigenvalue weighted by atomic mass is 9.65. The maximum atomic E-state index is 12.4. The normalized spacial score (nSPS) is 23.5. The first kappa shape index (κ1) is 27.6. The Kier molecular flexibility index (Phi) is 9.07. The Morgan fingerprint density at radius 1 is 1.12 bits per heavy atom. The van der Waals surface area contributed by atoms with E-state index >= 15 is 0 Å². The fraction of sp³-hybridized carbons (Fsp3) is 0.429. The number of hydrogen-bond acceptors (Lipinski definition) is 5. The average molecular weight is 485 g/mol. The van der Waals surface area contributed by atoms with Crippen LogP contribution in [0, 0.1) is 5.41 Å². The van der Waals surface area contributed by atoms with Crippen molar-refractivity contribution in [3.63, 3.8) is 0 Å². The first-order valence-corrected chi connectivity index (χ1v) is 13.0. The number of aliphatic hydroxyl groups is 1. The third-order valence-electron chi connectivity index (χ3n) is 5.80. The molecule has 0 radical (unpaired) electrons.